The van der Waals surface area contributed by atoms with Gasteiger partial charge in [0.15, 0.2) is 0 Å². The minimum absolute atomic E-state index is 0.219. The van der Waals surface area contributed by atoms with Gasteiger partial charge in [-0.2, -0.15) is 0 Å². The highest BCUT2D eigenvalue weighted by Crippen LogP contribution is 2.33. The van der Waals surface area contributed by atoms with Crippen molar-refractivity contribution in [2.75, 3.05) is 6.54 Å². The summed E-state index contributed by atoms with van der Waals surface area (Å²) in [7, 11) is 0. The molecule has 1 rings (SSSR count). The lowest BCUT2D eigenvalue weighted by Gasteiger charge is -2.33. The Morgan fingerprint density at radius 2 is 1.88 bits per heavy atom. The number of ether oxygens (including phenoxy) is 1. The molecule has 1 aliphatic heterocycles. The van der Waals surface area contributed by atoms with Crippen molar-refractivity contribution >= 4 is 12.1 Å². The molecule has 0 unspecified atom stereocenters. The fourth-order valence-corrected chi connectivity index (χ4v) is 2.05. The lowest BCUT2D eigenvalue weighted by molar-refractivity contribution is -0.141. The van der Waals surface area contributed by atoms with Gasteiger partial charge in [0.05, 0.1) is 5.92 Å². The van der Waals surface area contributed by atoms with E-state index in [1.165, 1.54) is 4.90 Å². The van der Waals surface area contributed by atoms with Crippen molar-refractivity contribution in [1.82, 2.24) is 4.90 Å². The highest BCUT2D eigenvalue weighted by Gasteiger charge is 2.45. The van der Waals surface area contributed by atoms with Gasteiger partial charge in [-0.25, -0.2) is 4.79 Å². The van der Waals surface area contributed by atoms with Crippen molar-refractivity contribution in [2.45, 2.75) is 52.2 Å². The van der Waals surface area contributed by atoms with E-state index in [0.29, 0.717) is 6.42 Å². The minimum Gasteiger partial charge on any atom is -0.481 e. The van der Waals surface area contributed by atoms with Crippen LogP contribution in [0.4, 0.5) is 4.79 Å². The zero-order chi connectivity index (χ0) is 13.4. The monoisotopic (exact) mass is 243 g/mol. The molecule has 0 aromatic heterocycles. The lowest BCUT2D eigenvalue weighted by Crippen LogP contribution is -2.45. The largest absolute Gasteiger partial charge is 0.481 e. The summed E-state index contributed by atoms with van der Waals surface area (Å²) in [5.74, 6) is -1.36. The molecule has 1 atom stereocenters. The molecule has 0 radical (unpaired) electrons. The van der Waals surface area contributed by atoms with Gasteiger partial charge in [0.1, 0.15) is 5.60 Å². The van der Waals surface area contributed by atoms with E-state index in [-0.39, 0.29) is 6.54 Å². The van der Waals surface area contributed by atoms with Crippen molar-refractivity contribution in [3.8, 4) is 0 Å². The molecule has 1 aliphatic rings. The molecular weight excluding hydrogens is 222 g/mol. The number of nitrogens with zero attached hydrogens (tertiary/aromatic N) is 1. The summed E-state index contributed by atoms with van der Waals surface area (Å²) in [4.78, 5) is 24.4. The van der Waals surface area contributed by atoms with Gasteiger partial charge in [0, 0.05) is 12.1 Å². The molecule has 1 heterocycles. The SMILES string of the molecule is CC(C)(C)OC(=O)N1C[C@H](C(=O)O)CC1(C)C. The van der Waals surface area contributed by atoms with Crippen LogP contribution in [0.5, 0.6) is 0 Å². The van der Waals surface area contributed by atoms with Crippen LogP contribution in [0.25, 0.3) is 0 Å². The fourth-order valence-electron chi connectivity index (χ4n) is 2.05. The molecule has 5 heteroatoms. The second kappa shape index (κ2) is 4.20. The quantitative estimate of drug-likeness (QED) is 0.766. The first kappa shape index (κ1) is 13.8. The highest BCUT2D eigenvalue weighted by molar-refractivity contribution is 5.75. The molecule has 0 bridgehead atoms. The Kier molecular flexibility index (Phi) is 3.41. The van der Waals surface area contributed by atoms with Crippen LogP contribution < -0.4 is 0 Å². The summed E-state index contributed by atoms with van der Waals surface area (Å²) in [5, 5.41) is 9.00. The topological polar surface area (TPSA) is 66.8 Å². The summed E-state index contributed by atoms with van der Waals surface area (Å²) in [5.41, 5.74) is -1.03. The van der Waals surface area contributed by atoms with Crippen LogP contribution in [0.1, 0.15) is 41.0 Å². The number of amides is 1. The van der Waals surface area contributed by atoms with Crippen LogP contribution in [0, 0.1) is 5.92 Å². The van der Waals surface area contributed by atoms with Crippen LogP contribution in [0.2, 0.25) is 0 Å². The molecule has 0 saturated carbocycles. The molecule has 17 heavy (non-hydrogen) atoms. The van der Waals surface area contributed by atoms with E-state index in [2.05, 4.69) is 0 Å². The normalized spacial score (nSPS) is 23.6. The average molecular weight is 243 g/mol. The predicted molar refractivity (Wildman–Crippen MR) is 62.8 cm³/mol. The molecule has 0 spiro atoms. The first-order chi connectivity index (χ1) is 7.53. The smallest absolute Gasteiger partial charge is 0.410 e. The Morgan fingerprint density at radius 3 is 2.24 bits per heavy atom. The number of hydrogen-bond acceptors (Lipinski definition) is 3. The van der Waals surface area contributed by atoms with Crippen molar-refractivity contribution in [1.29, 1.82) is 0 Å². The maximum Gasteiger partial charge on any atom is 0.410 e. The van der Waals surface area contributed by atoms with Gasteiger partial charge >= 0.3 is 12.1 Å². The summed E-state index contributed by atoms with van der Waals surface area (Å²) < 4.78 is 5.28. The Hall–Kier alpha value is -1.26. The Balaban J connectivity index is 2.77. The number of carbonyl (C=O) groups is 2. The summed E-state index contributed by atoms with van der Waals surface area (Å²) in [6, 6.07) is 0. The second-order valence-corrected chi connectivity index (χ2v) is 6.14. The van der Waals surface area contributed by atoms with Gasteiger partial charge in [0.2, 0.25) is 0 Å². The number of aliphatic carboxylic acids is 1. The summed E-state index contributed by atoms with van der Waals surface area (Å²) in [6.07, 6.45) is 0.0212. The van der Waals surface area contributed by atoms with E-state index < -0.39 is 29.1 Å². The number of carboxylic acids is 1. The Morgan fingerprint density at radius 1 is 1.35 bits per heavy atom. The van der Waals surface area contributed by atoms with Crippen LogP contribution in [0.3, 0.4) is 0 Å². The maximum absolute atomic E-state index is 12.0. The van der Waals surface area contributed by atoms with Gasteiger partial charge in [-0.1, -0.05) is 0 Å². The van der Waals surface area contributed by atoms with Crippen LogP contribution in [-0.2, 0) is 9.53 Å². The first-order valence-electron chi connectivity index (χ1n) is 5.76. The minimum atomic E-state index is -0.857. The second-order valence-electron chi connectivity index (χ2n) is 6.14. The number of hydrogen-bond donors (Lipinski definition) is 1. The molecule has 1 fully saturated rings. The molecule has 1 amide bonds. The number of carboxylic acid groups (broad SMARTS) is 1. The molecule has 1 N–H and O–H groups in total. The third kappa shape index (κ3) is 3.35. The van der Waals surface area contributed by atoms with E-state index in [0.717, 1.165) is 0 Å². The van der Waals surface area contributed by atoms with Crippen molar-refractivity contribution < 1.29 is 19.4 Å². The van der Waals surface area contributed by atoms with E-state index in [1.54, 1.807) is 20.8 Å². The van der Waals surface area contributed by atoms with Gasteiger partial charge in [0.25, 0.3) is 0 Å². The molecule has 98 valence electrons. The van der Waals surface area contributed by atoms with Gasteiger partial charge in [-0.3, -0.25) is 4.79 Å². The first-order valence-corrected chi connectivity index (χ1v) is 5.76. The van der Waals surface area contributed by atoms with Crippen LogP contribution in [0.15, 0.2) is 0 Å². The molecule has 0 aromatic carbocycles. The van der Waals surface area contributed by atoms with Gasteiger partial charge < -0.3 is 14.7 Å². The Bertz CT molecular complexity index is 330. The zero-order valence-corrected chi connectivity index (χ0v) is 11.1. The molecular formula is C12H21NO4. The van der Waals surface area contributed by atoms with Crippen molar-refractivity contribution in [3.63, 3.8) is 0 Å². The number of carbonyl (C=O) groups excluding carboxylic acids is 1. The van der Waals surface area contributed by atoms with Gasteiger partial charge in [-0.05, 0) is 41.0 Å². The molecule has 0 aliphatic carbocycles. The maximum atomic E-state index is 12.0. The molecule has 0 aromatic rings. The molecule has 5 nitrogen and oxygen atoms in total. The highest BCUT2D eigenvalue weighted by atomic mass is 16.6. The Labute approximate surface area is 102 Å². The standard InChI is InChI=1S/C12H21NO4/c1-11(2,3)17-10(16)13-7-8(9(14)15)6-12(13,4)5/h8H,6-7H2,1-5H3,(H,14,15)/t8-/m1/s1. The summed E-state index contributed by atoms with van der Waals surface area (Å²) in [6.45, 7) is 9.32. The van der Waals surface area contributed by atoms with E-state index in [4.69, 9.17) is 9.84 Å². The predicted octanol–water partition coefficient (Wildman–Crippen LogP) is 2.11. The van der Waals surface area contributed by atoms with Crippen molar-refractivity contribution in [2.24, 2.45) is 5.92 Å². The molecule has 1 saturated heterocycles. The fraction of sp³-hybridized carbons (Fsp3) is 0.833. The van der Waals surface area contributed by atoms with E-state index >= 15 is 0 Å². The third-order valence-electron chi connectivity index (χ3n) is 2.84. The zero-order valence-electron chi connectivity index (χ0n) is 11.1. The number of likely N-dealkylation sites (tertiary alicyclic amines) is 1. The number of rotatable bonds is 1. The third-order valence-corrected chi connectivity index (χ3v) is 2.84. The van der Waals surface area contributed by atoms with Gasteiger partial charge in [-0.15, -0.1) is 0 Å². The summed E-state index contributed by atoms with van der Waals surface area (Å²) >= 11 is 0. The average Bonchev–Trinajstić information content (AvgIpc) is 2.38. The van der Waals surface area contributed by atoms with E-state index in [1.807, 2.05) is 13.8 Å². The van der Waals surface area contributed by atoms with Crippen LogP contribution in [-0.4, -0.2) is 39.8 Å². The van der Waals surface area contributed by atoms with E-state index in [9.17, 15) is 9.59 Å². The van der Waals surface area contributed by atoms with Crippen LogP contribution >= 0.6 is 0 Å². The lowest BCUT2D eigenvalue weighted by atomic mass is 9.97. The van der Waals surface area contributed by atoms with Crippen molar-refractivity contribution in [3.05, 3.63) is 0 Å².